The zero-order valence-corrected chi connectivity index (χ0v) is 14.5. The van der Waals surface area contributed by atoms with E-state index in [-0.39, 0.29) is 11.9 Å². The number of aliphatic imine (C=N–C) groups is 1. The van der Waals surface area contributed by atoms with Gasteiger partial charge in [-0.05, 0) is 50.9 Å². The van der Waals surface area contributed by atoms with Crippen molar-refractivity contribution in [3.63, 3.8) is 0 Å². The number of halogens is 1. The number of fused-ring (bicyclic) bond motifs is 4. The SMILES string of the molecule is CN=C(Nc1nc(C)c2ccc(F)cc2n1)O[C@H]1CN2CCC1CC2. The van der Waals surface area contributed by atoms with Crippen LogP contribution in [0.3, 0.4) is 0 Å². The molecular weight excluding hydrogens is 321 g/mol. The van der Waals surface area contributed by atoms with Crippen molar-refractivity contribution >= 4 is 22.9 Å². The fourth-order valence-corrected chi connectivity index (χ4v) is 3.74. The van der Waals surface area contributed by atoms with E-state index in [1.807, 2.05) is 6.92 Å². The number of amidine groups is 1. The Morgan fingerprint density at radius 1 is 1.32 bits per heavy atom. The third-order valence-corrected chi connectivity index (χ3v) is 5.13. The monoisotopic (exact) mass is 343 g/mol. The first-order valence-corrected chi connectivity index (χ1v) is 8.69. The molecule has 25 heavy (non-hydrogen) atoms. The Balaban J connectivity index is 1.53. The fourth-order valence-electron chi connectivity index (χ4n) is 3.74. The first-order valence-electron chi connectivity index (χ1n) is 8.69. The van der Waals surface area contributed by atoms with E-state index in [0.29, 0.717) is 23.4 Å². The number of nitrogens with zero attached hydrogens (tertiary/aromatic N) is 4. The minimum absolute atomic E-state index is 0.146. The van der Waals surface area contributed by atoms with Crippen LogP contribution in [0.1, 0.15) is 18.5 Å². The lowest BCUT2D eigenvalue weighted by molar-refractivity contribution is -0.0147. The predicted octanol–water partition coefficient (Wildman–Crippen LogP) is 2.59. The number of aryl methyl sites for hydroxylation is 1. The van der Waals surface area contributed by atoms with Gasteiger partial charge >= 0.3 is 0 Å². The average molecular weight is 343 g/mol. The Kier molecular flexibility index (Phi) is 4.25. The Morgan fingerprint density at radius 3 is 2.80 bits per heavy atom. The molecule has 132 valence electrons. The molecule has 0 spiro atoms. The molecule has 6 nitrogen and oxygen atoms in total. The molecule has 3 saturated heterocycles. The molecule has 2 aromatic rings. The van der Waals surface area contributed by atoms with Crippen molar-refractivity contribution < 1.29 is 9.13 Å². The average Bonchev–Trinajstić information content (AvgIpc) is 2.61. The maximum atomic E-state index is 13.5. The second-order valence-electron chi connectivity index (χ2n) is 6.74. The van der Waals surface area contributed by atoms with E-state index in [2.05, 4.69) is 25.2 Å². The van der Waals surface area contributed by atoms with E-state index in [4.69, 9.17) is 4.74 Å². The van der Waals surface area contributed by atoms with Crippen molar-refractivity contribution in [2.45, 2.75) is 25.9 Å². The molecule has 0 unspecified atom stereocenters. The summed E-state index contributed by atoms with van der Waals surface area (Å²) in [7, 11) is 1.68. The molecule has 0 saturated carbocycles. The van der Waals surface area contributed by atoms with Gasteiger partial charge in [-0.1, -0.05) is 0 Å². The Bertz CT molecular complexity index is 816. The van der Waals surface area contributed by atoms with Gasteiger partial charge in [0.05, 0.1) is 11.2 Å². The number of rotatable bonds is 2. The largest absolute Gasteiger partial charge is 0.460 e. The third kappa shape index (κ3) is 3.28. The number of nitrogens with one attached hydrogen (secondary N) is 1. The Morgan fingerprint density at radius 2 is 2.12 bits per heavy atom. The van der Waals surface area contributed by atoms with Gasteiger partial charge in [-0.2, -0.15) is 0 Å². The third-order valence-electron chi connectivity index (χ3n) is 5.13. The summed E-state index contributed by atoms with van der Waals surface area (Å²) in [6.45, 7) is 5.14. The summed E-state index contributed by atoms with van der Waals surface area (Å²) in [6, 6.07) is 4.93. The van der Waals surface area contributed by atoms with Gasteiger partial charge in [0.25, 0.3) is 6.02 Å². The Labute approximate surface area is 146 Å². The molecule has 3 fully saturated rings. The number of anilines is 1. The summed E-state index contributed by atoms with van der Waals surface area (Å²) in [6.07, 6.45) is 2.49. The highest BCUT2D eigenvalue weighted by Crippen LogP contribution is 2.29. The zero-order valence-electron chi connectivity index (χ0n) is 14.5. The van der Waals surface area contributed by atoms with Crippen LogP contribution in [-0.4, -0.2) is 53.7 Å². The lowest BCUT2D eigenvalue weighted by Crippen LogP contribution is -2.52. The second kappa shape index (κ2) is 6.55. The summed E-state index contributed by atoms with van der Waals surface area (Å²) >= 11 is 0. The Hall–Kier alpha value is -2.28. The van der Waals surface area contributed by atoms with Gasteiger partial charge in [-0.25, -0.2) is 19.4 Å². The van der Waals surface area contributed by atoms with Crippen LogP contribution in [0.15, 0.2) is 23.2 Å². The number of ether oxygens (including phenoxy) is 1. The van der Waals surface area contributed by atoms with Crippen molar-refractivity contribution in [1.82, 2.24) is 14.9 Å². The fraction of sp³-hybridized carbons (Fsp3) is 0.500. The molecule has 4 heterocycles. The van der Waals surface area contributed by atoms with Crippen LogP contribution >= 0.6 is 0 Å². The van der Waals surface area contributed by atoms with Crippen LogP contribution in [0.25, 0.3) is 10.9 Å². The van der Waals surface area contributed by atoms with E-state index >= 15 is 0 Å². The van der Waals surface area contributed by atoms with E-state index in [9.17, 15) is 4.39 Å². The smallest absolute Gasteiger partial charge is 0.291 e. The molecule has 1 atom stereocenters. The summed E-state index contributed by atoms with van der Waals surface area (Å²) in [5.74, 6) is 0.638. The van der Waals surface area contributed by atoms with E-state index in [0.717, 1.165) is 30.7 Å². The highest BCUT2D eigenvalue weighted by molar-refractivity contribution is 5.89. The van der Waals surface area contributed by atoms with Crippen LogP contribution < -0.4 is 5.32 Å². The molecule has 0 amide bonds. The van der Waals surface area contributed by atoms with Crippen LogP contribution in [0, 0.1) is 18.7 Å². The van der Waals surface area contributed by atoms with Crippen LogP contribution in [0.5, 0.6) is 0 Å². The maximum Gasteiger partial charge on any atom is 0.291 e. The number of benzene rings is 1. The molecular formula is C18H22FN5O. The molecule has 3 aliphatic heterocycles. The lowest BCUT2D eigenvalue weighted by atomic mass is 9.86. The molecule has 1 N–H and O–H groups in total. The molecule has 1 aromatic carbocycles. The van der Waals surface area contributed by atoms with Gasteiger partial charge in [-0.3, -0.25) is 10.2 Å². The summed E-state index contributed by atoms with van der Waals surface area (Å²) in [5, 5.41) is 3.89. The van der Waals surface area contributed by atoms with Crippen LogP contribution in [-0.2, 0) is 4.74 Å². The topological polar surface area (TPSA) is 62.6 Å². The van der Waals surface area contributed by atoms with Gasteiger partial charge in [0.1, 0.15) is 11.9 Å². The quantitative estimate of drug-likeness (QED) is 0.671. The predicted molar refractivity (Wildman–Crippen MR) is 95.3 cm³/mol. The highest BCUT2D eigenvalue weighted by atomic mass is 19.1. The molecule has 7 heteroatoms. The molecule has 1 aromatic heterocycles. The maximum absolute atomic E-state index is 13.5. The van der Waals surface area contributed by atoms with E-state index < -0.39 is 0 Å². The minimum Gasteiger partial charge on any atom is -0.460 e. The number of aromatic nitrogens is 2. The van der Waals surface area contributed by atoms with Gasteiger partial charge in [0.2, 0.25) is 5.95 Å². The molecule has 0 radical (unpaired) electrons. The second-order valence-corrected chi connectivity index (χ2v) is 6.74. The van der Waals surface area contributed by atoms with Crippen molar-refractivity contribution in [1.29, 1.82) is 0 Å². The highest BCUT2D eigenvalue weighted by Gasteiger charge is 2.36. The summed E-state index contributed by atoms with van der Waals surface area (Å²) in [4.78, 5) is 15.5. The van der Waals surface area contributed by atoms with Crippen molar-refractivity contribution in [3.05, 3.63) is 29.7 Å². The molecule has 2 bridgehead atoms. The first kappa shape index (κ1) is 16.2. The van der Waals surface area contributed by atoms with Gasteiger partial charge in [0.15, 0.2) is 0 Å². The molecule has 5 rings (SSSR count). The number of hydrogen-bond acceptors (Lipinski definition) is 5. The number of piperidine rings is 3. The van der Waals surface area contributed by atoms with Crippen molar-refractivity contribution in [3.8, 4) is 0 Å². The van der Waals surface area contributed by atoms with Crippen LogP contribution in [0.4, 0.5) is 10.3 Å². The van der Waals surface area contributed by atoms with Gasteiger partial charge < -0.3 is 4.74 Å². The summed E-state index contributed by atoms with van der Waals surface area (Å²) in [5.41, 5.74) is 1.35. The van der Waals surface area contributed by atoms with E-state index in [1.165, 1.54) is 25.0 Å². The number of hydrogen-bond donors (Lipinski definition) is 1. The molecule has 0 aliphatic carbocycles. The van der Waals surface area contributed by atoms with E-state index in [1.54, 1.807) is 13.1 Å². The van der Waals surface area contributed by atoms with Gasteiger partial charge in [-0.15, -0.1) is 0 Å². The first-order chi connectivity index (χ1) is 12.1. The molecule has 3 aliphatic rings. The lowest BCUT2D eigenvalue weighted by Gasteiger charge is -2.44. The minimum atomic E-state index is -0.315. The van der Waals surface area contributed by atoms with Crippen LogP contribution in [0.2, 0.25) is 0 Å². The van der Waals surface area contributed by atoms with Crippen molar-refractivity contribution in [2.75, 3.05) is 32.0 Å². The standard InChI is InChI=1S/C18H22FN5O/c1-11-14-4-3-13(19)9-15(14)22-17(21-11)23-18(20-2)25-16-10-24-7-5-12(16)6-8-24/h3-4,9,12,16H,5-8,10H2,1-2H3,(H,20,21,22,23)/t16-/m0/s1. The summed E-state index contributed by atoms with van der Waals surface area (Å²) < 4.78 is 19.6. The normalized spacial score (nSPS) is 26.0. The van der Waals surface area contributed by atoms with Crippen molar-refractivity contribution in [2.24, 2.45) is 10.9 Å². The zero-order chi connectivity index (χ0) is 17.4. The van der Waals surface area contributed by atoms with Gasteiger partial charge in [0, 0.05) is 25.0 Å².